The number of anilines is 2. The molecule has 0 spiro atoms. The molecule has 0 unspecified atom stereocenters. The van der Waals surface area contributed by atoms with Crippen LogP contribution in [0.1, 0.15) is 5.56 Å². The number of carbonyl (C=O) groups excluding carboxylic acids is 1. The van der Waals surface area contributed by atoms with Gasteiger partial charge < -0.3 is 18.9 Å². The number of hydrogen-bond acceptors (Lipinski definition) is 5. The average Bonchev–Trinajstić information content (AvgIpc) is 2.80. The van der Waals surface area contributed by atoms with Crippen LogP contribution in [0.15, 0.2) is 66.7 Å². The average molecular weight is 407 g/mol. The third-order valence-corrected chi connectivity index (χ3v) is 4.74. The van der Waals surface area contributed by atoms with Gasteiger partial charge in [0, 0.05) is 16.9 Å². The van der Waals surface area contributed by atoms with Crippen LogP contribution in [-0.2, 0) is 11.2 Å². The van der Waals surface area contributed by atoms with Crippen LogP contribution in [0, 0.1) is 0 Å². The number of carbonyl (C=O) groups is 1. The molecule has 3 aromatic carbocycles. The van der Waals surface area contributed by atoms with Gasteiger partial charge in [-0.3, -0.25) is 9.69 Å². The lowest BCUT2D eigenvalue weighted by Gasteiger charge is -2.24. The normalized spacial score (nSPS) is 10.3. The summed E-state index contributed by atoms with van der Waals surface area (Å²) < 4.78 is 21.2. The van der Waals surface area contributed by atoms with Crippen LogP contribution < -0.4 is 23.8 Å². The highest BCUT2D eigenvalue weighted by Gasteiger charge is 2.21. The molecular formula is C24H25NO5. The molecule has 6 heteroatoms. The Kier molecular flexibility index (Phi) is 6.80. The van der Waals surface area contributed by atoms with Gasteiger partial charge in [0.25, 0.3) is 0 Å². The van der Waals surface area contributed by atoms with E-state index in [0.29, 0.717) is 11.5 Å². The first kappa shape index (κ1) is 21.0. The molecule has 0 aliphatic carbocycles. The quantitative estimate of drug-likeness (QED) is 0.545. The summed E-state index contributed by atoms with van der Waals surface area (Å²) in [5, 5.41) is 0. The van der Waals surface area contributed by atoms with Gasteiger partial charge >= 0.3 is 0 Å². The van der Waals surface area contributed by atoms with Gasteiger partial charge in [0.2, 0.25) is 5.91 Å². The van der Waals surface area contributed by atoms with Crippen molar-refractivity contribution in [1.82, 2.24) is 0 Å². The van der Waals surface area contributed by atoms with E-state index in [9.17, 15) is 4.79 Å². The number of benzene rings is 3. The maximum atomic E-state index is 13.5. The van der Waals surface area contributed by atoms with E-state index in [2.05, 4.69) is 0 Å². The SMILES string of the molecule is COc1ccc(N(C(=O)Cc2cc(OC)ccc2OC)c2ccc(OC)cc2)cc1. The second kappa shape index (κ2) is 9.69. The molecule has 0 saturated heterocycles. The molecule has 1 amide bonds. The van der Waals surface area contributed by atoms with E-state index in [1.54, 1.807) is 45.5 Å². The minimum absolute atomic E-state index is 0.114. The van der Waals surface area contributed by atoms with Crippen LogP contribution in [0.3, 0.4) is 0 Å². The van der Waals surface area contributed by atoms with Crippen molar-refractivity contribution >= 4 is 17.3 Å². The van der Waals surface area contributed by atoms with Crippen molar-refractivity contribution < 1.29 is 23.7 Å². The fraction of sp³-hybridized carbons (Fsp3) is 0.208. The Hall–Kier alpha value is -3.67. The van der Waals surface area contributed by atoms with Crippen molar-refractivity contribution in [3.05, 3.63) is 72.3 Å². The third-order valence-electron chi connectivity index (χ3n) is 4.74. The third kappa shape index (κ3) is 4.66. The molecule has 0 radical (unpaired) electrons. The summed E-state index contributed by atoms with van der Waals surface area (Å²) in [5.41, 5.74) is 2.20. The Morgan fingerprint density at radius 3 is 1.57 bits per heavy atom. The van der Waals surface area contributed by atoms with Crippen LogP contribution in [0.25, 0.3) is 0 Å². The smallest absolute Gasteiger partial charge is 0.236 e. The van der Waals surface area contributed by atoms with Gasteiger partial charge in [-0.05, 0) is 66.7 Å². The van der Waals surface area contributed by atoms with E-state index in [1.807, 2.05) is 54.6 Å². The van der Waals surface area contributed by atoms with Crippen molar-refractivity contribution in [2.24, 2.45) is 0 Å². The molecule has 3 aromatic rings. The van der Waals surface area contributed by atoms with Gasteiger partial charge in [-0.2, -0.15) is 0 Å². The number of amides is 1. The number of rotatable bonds is 8. The predicted octanol–water partition coefficient (Wildman–Crippen LogP) is 4.63. The molecule has 30 heavy (non-hydrogen) atoms. The van der Waals surface area contributed by atoms with Gasteiger partial charge in [-0.25, -0.2) is 0 Å². The van der Waals surface area contributed by atoms with E-state index in [1.165, 1.54) is 0 Å². The summed E-state index contributed by atoms with van der Waals surface area (Å²) in [6.45, 7) is 0. The highest BCUT2D eigenvalue weighted by Crippen LogP contribution is 2.31. The minimum Gasteiger partial charge on any atom is -0.497 e. The lowest BCUT2D eigenvalue weighted by molar-refractivity contribution is -0.117. The van der Waals surface area contributed by atoms with Crippen LogP contribution in [-0.4, -0.2) is 34.3 Å². The molecule has 3 rings (SSSR count). The molecule has 6 nitrogen and oxygen atoms in total. The lowest BCUT2D eigenvalue weighted by Crippen LogP contribution is -2.27. The fourth-order valence-electron chi connectivity index (χ4n) is 3.16. The molecule has 0 aliphatic rings. The first-order valence-electron chi connectivity index (χ1n) is 9.41. The minimum atomic E-state index is -0.114. The zero-order valence-electron chi connectivity index (χ0n) is 17.5. The van der Waals surface area contributed by atoms with Crippen LogP contribution in [0.5, 0.6) is 23.0 Å². The zero-order chi connectivity index (χ0) is 21.5. The van der Waals surface area contributed by atoms with Gasteiger partial charge in [-0.1, -0.05) is 0 Å². The predicted molar refractivity (Wildman–Crippen MR) is 116 cm³/mol. The molecule has 0 fully saturated rings. The molecule has 0 bridgehead atoms. The van der Waals surface area contributed by atoms with E-state index in [4.69, 9.17) is 18.9 Å². The number of methoxy groups -OCH3 is 4. The largest absolute Gasteiger partial charge is 0.497 e. The molecule has 0 aromatic heterocycles. The van der Waals surface area contributed by atoms with Crippen molar-refractivity contribution in [2.45, 2.75) is 6.42 Å². The summed E-state index contributed by atoms with van der Waals surface area (Å²) in [5.74, 6) is 2.62. The van der Waals surface area contributed by atoms with Crippen molar-refractivity contribution in [3.63, 3.8) is 0 Å². The second-order valence-corrected chi connectivity index (χ2v) is 6.48. The molecular weight excluding hydrogens is 382 g/mol. The first-order chi connectivity index (χ1) is 14.6. The highest BCUT2D eigenvalue weighted by molar-refractivity contribution is 6.01. The second-order valence-electron chi connectivity index (χ2n) is 6.48. The van der Waals surface area contributed by atoms with Gasteiger partial charge in [0.15, 0.2) is 0 Å². The zero-order valence-corrected chi connectivity index (χ0v) is 17.5. The van der Waals surface area contributed by atoms with Crippen molar-refractivity contribution in [3.8, 4) is 23.0 Å². The van der Waals surface area contributed by atoms with Gasteiger partial charge in [0.1, 0.15) is 23.0 Å². The monoisotopic (exact) mass is 407 g/mol. The molecule has 0 N–H and O–H groups in total. The Balaban J connectivity index is 1.99. The number of ether oxygens (including phenoxy) is 4. The number of nitrogens with zero attached hydrogens (tertiary/aromatic N) is 1. The lowest BCUT2D eigenvalue weighted by atomic mass is 10.1. The summed E-state index contributed by atoms with van der Waals surface area (Å²) in [6, 6.07) is 20.1. The standard InChI is InChI=1S/C24H25NO5/c1-27-20-9-5-18(6-10-20)25(19-7-11-21(28-2)12-8-19)24(26)16-17-15-22(29-3)13-14-23(17)30-4/h5-15H,16H2,1-4H3. The van der Waals surface area contributed by atoms with Crippen LogP contribution in [0.2, 0.25) is 0 Å². The molecule has 0 heterocycles. The maximum Gasteiger partial charge on any atom is 0.236 e. The molecule has 0 aliphatic heterocycles. The fourth-order valence-corrected chi connectivity index (χ4v) is 3.16. The topological polar surface area (TPSA) is 57.2 Å². The summed E-state index contributed by atoms with van der Waals surface area (Å²) in [7, 11) is 6.39. The van der Waals surface area contributed by atoms with Gasteiger partial charge in [0.05, 0.1) is 34.9 Å². The summed E-state index contributed by atoms with van der Waals surface area (Å²) in [6.07, 6.45) is 0.137. The first-order valence-corrected chi connectivity index (χ1v) is 9.41. The molecule has 0 atom stereocenters. The van der Waals surface area contributed by atoms with Gasteiger partial charge in [-0.15, -0.1) is 0 Å². The summed E-state index contributed by atoms with van der Waals surface area (Å²) >= 11 is 0. The Labute approximate surface area is 176 Å². The Bertz CT molecular complexity index is 936. The van der Waals surface area contributed by atoms with Crippen molar-refractivity contribution in [2.75, 3.05) is 33.3 Å². The maximum absolute atomic E-state index is 13.5. The Morgan fingerprint density at radius 1 is 0.667 bits per heavy atom. The highest BCUT2D eigenvalue weighted by atomic mass is 16.5. The van der Waals surface area contributed by atoms with Crippen LogP contribution >= 0.6 is 0 Å². The van der Waals surface area contributed by atoms with E-state index >= 15 is 0 Å². The summed E-state index contributed by atoms with van der Waals surface area (Å²) in [4.78, 5) is 15.1. The van der Waals surface area contributed by atoms with Crippen LogP contribution in [0.4, 0.5) is 11.4 Å². The van der Waals surface area contributed by atoms with Crippen molar-refractivity contribution in [1.29, 1.82) is 0 Å². The van der Waals surface area contributed by atoms with E-state index in [-0.39, 0.29) is 12.3 Å². The van der Waals surface area contributed by atoms with E-state index in [0.717, 1.165) is 28.4 Å². The number of hydrogen-bond donors (Lipinski definition) is 0. The Morgan fingerprint density at radius 2 is 1.13 bits per heavy atom. The van der Waals surface area contributed by atoms with E-state index < -0.39 is 0 Å². The molecule has 156 valence electrons. The molecule has 0 saturated carbocycles.